The molecule has 3 rings (SSSR count). The van der Waals surface area contributed by atoms with Crippen LogP contribution in [0.15, 0.2) is 78.9 Å². The van der Waals surface area contributed by atoms with Gasteiger partial charge in [-0.25, -0.2) is 0 Å². The zero-order valence-corrected chi connectivity index (χ0v) is 15.4. The SMILES string of the molecule is COc1ccc(OCC(=O)Nc2ccccc2N(C)c2ccccc2)cc1. The van der Waals surface area contributed by atoms with Crippen molar-refractivity contribution < 1.29 is 14.3 Å². The van der Waals surface area contributed by atoms with Crippen LogP contribution in [-0.2, 0) is 4.79 Å². The molecule has 0 spiro atoms. The molecular weight excluding hydrogens is 340 g/mol. The first kappa shape index (κ1) is 18.3. The van der Waals surface area contributed by atoms with Gasteiger partial charge in [0.05, 0.1) is 18.5 Å². The van der Waals surface area contributed by atoms with Gasteiger partial charge < -0.3 is 19.7 Å². The van der Waals surface area contributed by atoms with Gasteiger partial charge in [-0.15, -0.1) is 0 Å². The Hall–Kier alpha value is -3.47. The van der Waals surface area contributed by atoms with Crippen LogP contribution in [0.4, 0.5) is 17.1 Å². The number of methoxy groups -OCH3 is 1. The third-order valence-electron chi connectivity index (χ3n) is 4.11. The van der Waals surface area contributed by atoms with Crippen LogP contribution in [0, 0.1) is 0 Å². The van der Waals surface area contributed by atoms with E-state index in [1.807, 2.05) is 66.5 Å². The standard InChI is InChI=1S/C22H22N2O3/c1-24(17-8-4-3-5-9-17)21-11-7-6-10-20(21)23-22(25)16-27-19-14-12-18(26-2)13-15-19/h3-15H,16H2,1-2H3,(H,23,25). The minimum Gasteiger partial charge on any atom is -0.497 e. The predicted molar refractivity (Wildman–Crippen MR) is 108 cm³/mol. The van der Waals surface area contributed by atoms with Gasteiger partial charge in [0, 0.05) is 12.7 Å². The fraction of sp³-hybridized carbons (Fsp3) is 0.136. The molecule has 3 aromatic carbocycles. The van der Waals surface area contributed by atoms with E-state index >= 15 is 0 Å². The minimum absolute atomic E-state index is 0.0737. The van der Waals surface area contributed by atoms with Gasteiger partial charge in [0.2, 0.25) is 0 Å². The Labute approximate surface area is 159 Å². The summed E-state index contributed by atoms with van der Waals surface area (Å²) in [5.41, 5.74) is 2.67. The van der Waals surface area contributed by atoms with Crippen LogP contribution in [0.5, 0.6) is 11.5 Å². The molecule has 0 unspecified atom stereocenters. The summed E-state index contributed by atoms with van der Waals surface area (Å²) in [6.45, 7) is -0.0737. The monoisotopic (exact) mass is 362 g/mol. The molecule has 0 aliphatic heterocycles. The highest BCUT2D eigenvalue weighted by Gasteiger charge is 2.11. The maximum absolute atomic E-state index is 12.3. The number of hydrogen-bond acceptors (Lipinski definition) is 4. The number of carbonyl (C=O) groups is 1. The Balaban J connectivity index is 1.65. The molecule has 0 aliphatic carbocycles. The van der Waals surface area contributed by atoms with Crippen molar-refractivity contribution in [3.8, 4) is 11.5 Å². The summed E-state index contributed by atoms with van der Waals surface area (Å²) in [4.78, 5) is 14.4. The van der Waals surface area contributed by atoms with E-state index < -0.39 is 0 Å². The summed E-state index contributed by atoms with van der Waals surface area (Å²) in [5, 5.41) is 2.92. The lowest BCUT2D eigenvalue weighted by molar-refractivity contribution is -0.118. The minimum atomic E-state index is -0.222. The Morgan fingerprint density at radius 2 is 1.52 bits per heavy atom. The molecule has 0 saturated heterocycles. The number of nitrogens with one attached hydrogen (secondary N) is 1. The molecule has 1 N–H and O–H groups in total. The van der Waals surface area contributed by atoms with Crippen LogP contribution in [0.3, 0.4) is 0 Å². The van der Waals surface area contributed by atoms with Crippen LogP contribution in [-0.4, -0.2) is 26.7 Å². The zero-order chi connectivity index (χ0) is 19.1. The molecule has 0 atom stereocenters. The summed E-state index contributed by atoms with van der Waals surface area (Å²) >= 11 is 0. The van der Waals surface area contributed by atoms with Crippen molar-refractivity contribution in [2.75, 3.05) is 31.0 Å². The van der Waals surface area contributed by atoms with E-state index in [1.54, 1.807) is 31.4 Å². The summed E-state index contributed by atoms with van der Waals surface area (Å²) < 4.78 is 10.6. The second-order valence-electron chi connectivity index (χ2n) is 5.92. The molecule has 0 fully saturated rings. The van der Waals surface area contributed by atoms with Gasteiger partial charge in [-0.3, -0.25) is 4.79 Å². The molecule has 0 saturated carbocycles. The highest BCUT2D eigenvalue weighted by atomic mass is 16.5. The average molecular weight is 362 g/mol. The van der Waals surface area contributed by atoms with Crippen molar-refractivity contribution >= 4 is 23.0 Å². The van der Waals surface area contributed by atoms with Gasteiger partial charge >= 0.3 is 0 Å². The van der Waals surface area contributed by atoms with Crippen molar-refractivity contribution in [1.29, 1.82) is 0 Å². The molecule has 1 amide bonds. The van der Waals surface area contributed by atoms with Crippen LogP contribution < -0.4 is 19.7 Å². The lowest BCUT2D eigenvalue weighted by atomic mass is 10.2. The van der Waals surface area contributed by atoms with Crippen LogP contribution in [0.2, 0.25) is 0 Å². The van der Waals surface area contributed by atoms with Gasteiger partial charge in [0.25, 0.3) is 5.91 Å². The fourth-order valence-corrected chi connectivity index (χ4v) is 2.67. The van der Waals surface area contributed by atoms with Crippen LogP contribution >= 0.6 is 0 Å². The number of ether oxygens (including phenoxy) is 2. The Bertz CT molecular complexity index is 880. The molecule has 3 aromatic rings. The second kappa shape index (κ2) is 8.76. The molecule has 0 aliphatic rings. The van der Waals surface area contributed by atoms with Gasteiger partial charge in [-0.2, -0.15) is 0 Å². The highest BCUT2D eigenvalue weighted by Crippen LogP contribution is 2.30. The van der Waals surface area contributed by atoms with E-state index in [0.29, 0.717) is 5.75 Å². The largest absolute Gasteiger partial charge is 0.497 e. The molecule has 0 heterocycles. The molecule has 0 bridgehead atoms. The maximum atomic E-state index is 12.3. The van der Waals surface area contributed by atoms with Crippen molar-refractivity contribution in [2.45, 2.75) is 0 Å². The molecule has 0 aromatic heterocycles. The summed E-state index contributed by atoms with van der Waals surface area (Å²) in [5.74, 6) is 1.13. The van der Waals surface area contributed by atoms with E-state index in [4.69, 9.17) is 9.47 Å². The van der Waals surface area contributed by atoms with Crippen molar-refractivity contribution in [2.24, 2.45) is 0 Å². The number of nitrogens with zero attached hydrogens (tertiary/aromatic N) is 1. The number of amides is 1. The summed E-state index contributed by atoms with van der Waals surface area (Å²) in [6, 6.07) is 24.8. The number of benzene rings is 3. The highest BCUT2D eigenvalue weighted by molar-refractivity contribution is 5.96. The second-order valence-corrected chi connectivity index (χ2v) is 5.92. The molecule has 5 heteroatoms. The Morgan fingerprint density at radius 1 is 0.889 bits per heavy atom. The first-order valence-corrected chi connectivity index (χ1v) is 8.62. The van der Waals surface area contributed by atoms with Gasteiger partial charge in [0.15, 0.2) is 6.61 Å². The lowest BCUT2D eigenvalue weighted by Gasteiger charge is -2.22. The molecular formula is C22H22N2O3. The third-order valence-corrected chi connectivity index (χ3v) is 4.11. The first-order chi connectivity index (χ1) is 13.2. The number of rotatable bonds is 7. The number of para-hydroxylation sites is 3. The normalized spacial score (nSPS) is 10.1. The van der Waals surface area contributed by atoms with Crippen molar-refractivity contribution in [1.82, 2.24) is 0 Å². The zero-order valence-electron chi connectivity index (χ0n) is 15.4. The van der Waals surface area contributed by atoms with E-state index in [1.165, 1.54) is 0 Å². The molecule has 0 radical (unpaired) electrons. The lowest BCUT2D eigenvalue weighted by Crippen LogP contribution is -2.22. The summed E-state index contributed by atoms with van der Waals surface area (Å²) in [6.07, 6.45) is 0. The Kier molecular flexibility index (Phi) is 5.94. The van der Waals surface area contributed by atoms with E-state index in [-0.39, 0.29) is 12.5 Å². The van der Waals surface area contributed by atoms with Crippen LogP contribution in [0.1, 0.15) is 0 Å². The number of carbonyl (C=O) groups excluding carboxylic acids is 1. The fourth-order valence-electron chi connectivity index (χ4n) is 2.67. The molecule has 27 heavy (non-hydrogen) atoms. The maximum Gasteiger partial charge on any atom is 0.262 e. The third kappa shape index (κ3) is 4.79. The average Bonchev–Trinajstić information content (AvgIpc) is 2.73. The molecule has 5 nitrogen and oxygen atoms in total. The Morgan fingerprint density at radius 3 is 2.22 bits per heavy atom. The van der Waals surface area contributed by atoms with Gasteiger partial charge in [-0.05, 0) is 48.5 Å². The quantitative estimate of drug-likeness (QED) is 0.673. The van der Waals surface area contributed by atoms with E-state index in [2.05, 4.69) is 5.32 Å². The molecule has 138 valence electrons. The first-order valence-electron chi connectivity index (χ1n) is 8.62. The van der Waals surface area contributed by atoms with Gasteiger partial charge in [-0.1, -0.05) is 30.3 Å². The van der Waals surface area contributed by atoms with E-state index in [0.717, 1.165) is 22.8 Å². The number of anilines is 3. The number of hydrogen-bond donors (Lipinski definition) is 1. The van der Waals surface area contributed by atoms with Crippen molar-refractivity contribution in [3.63, 3.8) is 0 Å². The van der Waals surface area contributed by atoms with Crippen molar-refractivity contribution in [3.05, 3.63) is 78.9 Å². The van der Waals surface area contributed by atoms with E-state index in [9.17, 15) is 4.79 Å². The smallest absolute Gasteiger partial charge is 0.262 e. The topological polar surface area (TPSA) is 50.8 Å². The summed E-state index contributed by atoms with van der Waals surface area (Å²) in [7, 11) is 3.57. The predicted octanol–water partition coefficient (Wildman–Crippen LogP) is 4.48. The van der Waals surface area contributed by atoms with Gasteiger partial charge in [0.1, 0.15) is 11.5 Å². The van der Waals surface area contributed by atoms with Crippen LogP contribution in [0.25, 0.3) is 0 Å².